The average molecular weight is 444 g/mol. The minimum Gasteiger partial charge on any atom is -0.494 e. The van der Waals surface area contributed by atoms with Crippen LogP contribution in [0.3, 0.4) is 0 Å². The molecule has 0 atom stereocenters. The maximum absolute atomic E-state index is 12.9. The quantitative estimate of drug-likeness (QED) is 0.398. The monoisotopic (exact) mass is 444 g/mol. The van der Waals surface area contributed by atoms with Gasteiger partial charge in [0.25, 0.3) is 11.8 Å². The van der Waals surface area contributed by atoms with Crippen molar-refractivity contribution in [3.63, 3.8) is 0 Å². The number of hydrogen-bond acceptors (Lipinski definition) is 7. The Bertz CT molecular complexity index is 1280. The molecule has 0 spiro atoms. The van der Waals surface area contributed by atoms with Crippen molar-refractivity contribution in [2.24, 2.45) is 0 Å². The number of carbonyl (C=O) groups excluding carboxylic acids is 2. The van der Waals surface area contributed by atoms with E-state index < -0.39 is 0 Å². The van der Waals surface area contributed by atoms with Crippen LogP contribution in [-0.4, -0.2) is 46.7 Å². The first kappa shape index (κ1) is 21.5. The van der Waals surface area contributed by atoms with Crippen molar-refractivity contribution >= 4 is 23.2 Å². The van der Waals surface area contributed by atoms with Gasteiger partial charge in [-0.05, 0) is 29.5 Å². The zero-order valence-corrected chi connectivity index (χ0v) is 17.8. The largest absolute Gasteiger partial charge is 0.494 e. The standard InChI is InChI=1S/C23H20N6O4/c1-32-19-13-18(20(33-2)12-17(19)24-22(30)14-7-4-3-5-8-14)25-23(31)16-10-6-9-15(11-16)21-26-28-29-27-21/h3-13H,1-2H3,(H,24,30)(H,25,31)(H,26,27,28,29). The summed E-state index contributed by atoms with van der Waals surface area (Å²) >= 11 is 0. The number of tetrazole rings is 1. The SMILES string of the molecule is COc1cc(NC(=O)c2cccc(-c3nn[nH]n3)c2)c(OC)cc1NC(=O)c1ccccc1. The molecular weight excluding hydrogens is 424 g/mol. The zero-order valence-electron chi connectivity index (χ0n) is 17.8. The van der Waals surface area contributed by atoms with E-state index in [4.69, 9.17) is 9.47 Å². The summed E-state index contributed by atoms with van der Waals surface area (Å²) in [6.45, 7) is 0. The lowest BCUT2D eigenvalue weighted by molar-refractivity contribution is 0.101. The van der Waals surface area contributed by atoms with Crippen LogP contribution in [0, 0.1) is 0 Å². The van der Waals surface area contributed by atoms with E-state index in [1.54, 1.807) is 60.7 Å². The van der Waals surface area contributed by atoms with Gasteiger partial charge in [0.1, 0.15) is 11.5 Å². The van der Waals surface area contributed by atoms with Crippen LogP contribution >= 0.6 is 0 Å². The summed E-state index contributed by atoms with van der Waals surface area (Å²) in [6.07, 6.45) is 0. The predicted octanol–water partition coefficient (Wildman–Crippen LogP) is 3.39. The second-order valence-corrected chi connectivity index (χ2v) is 6.84. The molecule has 10 heteroatoms. The lowest BCUT2D eigenvalue weighted by Gasteiger charge is -2.16. The second kappa shape index (κ2) is 9.60. The van der Waals surface area contributed by atoms with Crippen molar-refractivity contribution < 1.29 is 19.1 Å². The summed E-state index contributed by atoms with van der Waals surface area (Å²) in [5.41, 5.74) is 2.31. The number of anilines is 2. The summed E-state index contributed by atoms with van der Waals surface area (Å²) < 4.78 is 10.9. The number of nitrogens with zero attached hydrogens (tertiary/aromatic N) is 3. The molecule has 0 radical (unpaired) electrons. The number of rotatable bonds is 7. The topological polar surface area (TPSA) is 131 Å². The molecule has 0 aliphatic carbocycles. The van der Waals surface area contributed by atoms with E-state index >= 15 is 0 Å². The highest BCUT2D eigenvalue weighted by Crippen LogP contribution is 2.37. The summed E-state index contributed by atoms with van der Waals surface area (Å²) in [4.78, 5) is 25.5. The van der Waals surface area contributed by atoms with Gasteiger partial charge in [-0.2, -0.15) is 5.21 Å². The number of nitrogens with one attached hydrogen (secondary N) is 3. The number of aromatic nitrogens is 4. The Hall–Kier alpha value is -4.73. The molecule has 4 aromatic rings. The van der Waals surface area contributed by atoms with Gasteiger partial charge in [0.2, 0.25) is 5.82 Å². The molecule has 1 heterocycles. The van der Waals surface area contributed by atoms with Gasteiger partial charge < -0.3 is 20.1 Å². The van der Waals surface area contributed by atoms with Crippen molar-refractivity contribution in [3.8, 4) is 22.9 Å². The van der Waals surface area contributed by atoms with E-state index in [0.717, 1.165) is 0 Å². The molecule has 4 rings (SSSR count). The van der Waals surface area contributed by atoms with Gasteiger partial charge in [0.15, 0.2) is 0 Å². The molecule has 2 amide bonds. The van der Waals surface area contributed by atoms with Gasteiger partial charge in [-0.1, -0.05) is 30.3 Å². The Morgan fingerprint density at radius 3 is 1.97 bits per heavy atom. The molecular formula is C23H20N6O4. The van der Waals surface area contributed by atoms with Crippen LogP contribution in [0.15, 0.2) is 66.7 Å². The van der Waals surface area contributed by atoms with Crippen molar-refractivity contribution in [1.82, 2.24) is 20.6 Å². The molecule has 3 N–H and O–H groups in total. The number of ether oxygens (including phenoxy) is 2. The molecule has 166 valence electrons. The van der Waals surface area contributed by atoms with Crippen LogP contribution in [0.5, 0.6) is 11.5 Å². The number of benzene rings is 3. The van der Waals surface area contributed by atoms with Crippen LogP contribution in [0.2, 0.25) is 0 Å². The molecule has 33 heavy (non-hydrogen) atoms. The Morgan fingerprint density at radius 1 is 0.788 bits per heavy atom. The molecule has 3 aromatic carbocycles. The first-order valence-electron chi connectivity index (χ1n) is 9.86. The zero-order chi connectivity index (χ0) is 23.2. The van der Waals surface area contributed by atoms with Crippen LogP contribution in [-0.2, 0) is 0 Å². The first-order chi connectivity index (χ1) is 16.1. The van der Waals surface area contributed by atoms with E-state index in [9.17, 15) is 9.59 Å². The molecule has 0 aliphatic heterocycles. The summed E-state index contributed by atoms with van der Waals surface area (Å²) in [5, 5.41) is 19.4. The lowest BCUT2D eigenvalue weighted by atomic mass is 10.1. The fourth-order valence-corrected chi connectivity index (χ4v) is 3.16. The van der Waals surface area contributed by atoms with Gasteiger partial charge in [-0.3, -0.25) is 9.59 Å². The summed E-state index contributed by atoms with van der Waals surface area (Å²) in [5.74, 6) is 0.410. The van der Waals surface area contributed by atoms with Crippen LogP contribution in [0.4, 0.5) is 11.4 Å². The molecule has 1 aromatic heterocycles. The maximum atomic E-state index is 12.9. The Kier molecular flexibility index (Phi) is 6.26. The van der Waals surface area contributed by atoms with Crippen molar-refractivity contribution in [2.75, 3.05) is 24.9 Å². The average Bonchev–Trinajstić information content (AvgIpc) is 3.40. The third kappa shape index (κ3) is 4.79. The number of H-pyrrole nitrogens is 1. The van der Waals surface area contributed by atoms with Gasteiger partial charge in [0.05, 0.1) is 25.6 Å². The fourth-order valence-electron chi connectivity index (χ4n) is 3.16. The van der Waals surface area contributed by atoms with Crippen LogP contribution < -0.4 is 20.1 Å². The molecule has 0 unspecified atom stereocenters. The number of methoxy groups -OCH3 is 2. The number of aromatic amines is 1. The molecule has 0 aliphatic rings. The highest BCUT2D eigenvalue weighted by atomic mass is 16.5. The predicted molar refractivity (Wildman–Crippen MR) is 122 cm³/mol. The Labute approximate surface area is 188 Å². The highest BCUT2D eigenvalue weighted by Gasteiger charge is 2.17. The summed E-state index contributed by atoms with van der Waals surface area (Å²) in [6, 6.07) is 18.8. The lowest BCUT2D eigenvalue weighted by Crippen LogP contribution is -2.15. The van der Waals surface area contributed by atoms with E-state index in [1.807, 2.05) is 6.07 Å². The molecule has 0 fully saturated rings. The van der Waals surface area contributed by atoms with Crippen molar-refractivity contribution in [1.29, 1.82) is 0 Å². The Balaban J connectivity index is 1.58. The summed E-state index contributed by atoms with van der Waals surface area (Å²) in [7, 11) is 2.94. The number of amides is 2. The fraction of sp³-hybridized carbons (Fsp3) is 0.0870. The minimum atomic E-state index is -0.373. The van der Waals surface area contributed by atoms with E-state index in [0.29, 0.717) is 45.4 Å². The second-order valence-electron chi connectivity index (χ2n) is 6.84. The van der Waals surface area contributed by atoms with Gasteiger partial charge >= 0.3 is 0 Å². The maximum Gasteiger partial charge on any atom is 0.255 e. The van der Waals surface area contributed by atoms with Crippen LogP contribution in [0.25, 0.3) is 11.4 Å². The molecule has 0 saturated carbocycles. The number of carbonyl (C=O) groups is 2. The Morgan fingerprint density at radius 2 is 1.39 bits per heavy atom. The van der Waals surface area contributed by atoms with Gasteiger partial charge in [0, 0.05) is 28.8 Å². The third-order valence-electron chi connectivity index (χ3n) is 4.78. The first-order valence-corrected chi connectivity index (χ1v) is 9.86. The van der Waals surface area contributed by atoms with E-state index in [2.05, 4.69) is 31.3 Å². The third-order valence-corrected chi connectivity index (χ3v) is 4.78. The van der Waals surface area contributed by atoms with Crippen LogP contribution in [0.1, 0.15) is 20.7 Å². The molecule has 0 bridgehead atoms. The highest BCUT2D eigenvalue weighted by molar-refractivity contribution is 6.07. The molecule has 10 nitrogen and oxygen atoms in total. The number of hydrogen-bond donors (Lipinski definition) is 3. The van der Waals surface area contributed by atoms with E-state index in [-0.39, 0.29) is 11.8 Å². The van der Waals surface area contributed by atoms with E-state index in [1.165, 1.54) is 14.2 Å². The minimum absolute atomic E-state index is 0.300. The van der Waals surface area contributed by atoms with Crippen molar-refractivity contribution in [3.05, 3.63) is 77.9 Å². The van der Waals surface area contributed by atoms with Gasteiger partial charge in [-0.25, -0.2) is 0 Å². The van der Waals surface area contributed by atoms with Crippen molar-refractivity contribution in [2.45, 2.75) is 0 Å². The normalized spacial score (nSPS) is 10.4. The molecule has 0 saturated heterocycles. The van der Waals surface area contributed by atoms with Gasteiger partial charge in [-0.15, -0.1) is 10.2 Å². The smallest absolute Gasteiger partial charge is 0.255 e.